The van der Waals surface area contributed by atoms with Crippen LogP contribution in [0.4, 0.5) is 0 Å². The summed E-state index contributed by atoms with van der Waals surface area (Å²) in [6.07, 6.45) is 6.35. The lowest BCUT2D eigenvalue weighted by molar-refractivity contribution is -0.136. The molecule has 0 radical (unpaired) electrons. The molecule has 0 atom stereocenters. The molecule has 3 aromatic heterocycles. The smallest absolute Gasteiger partial charge is 0.303 e. The molecule has 3 rings (SSSR count). The molecule has 20 heavy (non-hydrogen) atoms. The quantitative estimate of drug-likeness (QED) is 0.782. The summed E-state index contributed by atoms with van der Waals surface area (Å²) in [5, 5.41) is 15.0. The van der Waals surface area contributed by atoms with Crippen molar-refractivity contribution in [1.82, 2.24) is 19.2 Å². The largest absolute Gasteiger partial charge is 0.481 e. The summed E-state index contributed by atoms with van der Waals surface area (Å²) in [5.41, 5.74) is 2.83. The Balaban J connectivity index is 1.92. The molecule has 0 aliphatic rings. The molecule has 3 aromatic rings. The lowest BCUT2D eigenvalue weighted by atomic mass is 10.2. The minimum Gasteiger partial charge on any atom is -0.481 e. The molecule has 6 nitrogen and oxygen atoms in total. The average molecular weight is 290 g/mol. The van der Waals surface area contributed by atoms with Gasteiger partial charge in [0.05, 0.1) is 18.3 Å². The Labute approximate surface area is 119 Å². The van der Waals surface area contributed by atoms with Crippen LogP contribution in [0.3, 0.4) is 0 Å². The summed E-state index contributed by atoms with van der Waals surface area (Å²) in [4.78, 5) is 16.1. The number of fused-ring (bicyclic) bond motifs is 1. The third kappa shape index (κ3) is 2.32. The molecule has 1 N–H and O–H groups in total. The van der Waals surface area contributed by atoms with Crippen molar-refractivity contribution in [1.29, 1.82) is 0 Å². The van der Waals surface area contributed by atoms with E-state index < -0.39 is 5.97 Å². The van der Waals surface area contributed by atoms with Crippen molar-refractivity contribution >= 4 is 22.3 Å². The molecule has 7 heteroatoms. The number of hydrogen-bond donors (Lipinski definition) is 1. The molecule has 0 unspecified atom stereocenters. The van der Waals surface area contributed by atoms with Crippen LogP contribution in [-0.4, -0.2) is 30.2 Å². The summed E-state index contributed by atoms with van der Waals surface area (Å²) in [5.74, 6) is -0.783. The van der Waals surface area contributed by atoms with Crippen LogP contribution in [0.5, 0.6) is 0 Å². The topological polar surface area (TPSA) is 72.4 Å². The fourth-order valence-corrected chi connectivity index (χ4v) is 2.96. The molecule has 3 heterocycles. The lowest BCUT2D eigenvalue weighted by Crippen LogP contribution is -1.99. The van der Waals surface area contributed by atoms with Gasteiger partial charge >= 0.3 is 5.97 Å². The molecule has 0 fully saturated rings. The van der Waals surface area contributed by atoms with E-state index in [1.807, 2.05) is 33.8 Å². The number of rotatable bonds is 5. The van der Waals surface area contributed by atoms with E-state index in [9.17, 15) is 4.79 Å². The van der Waals surface area contributed by atoms with Crippen LogP contribution in [0.1, 0.15) is 19.0 Å². The number of aromatic nitrogens is 4. The van der Waals surface area contributed by atoms with E-state index in [1.165, 1.54) is 11.3 Å². The molecule has 104 valence electrons. The number of imidazole rings is 1. The number of aliphatic carboxylic acids is 1. The third-order valence-electron chi connectivity index (χ3n) is 3.13. The second-order valence-corrected chi connectivity index (χ2v) is 5.32. The van der Waals surface area contributed by atoms with E-state index in [4.69, 9.17) is 5.11 Å². The number of carbonyl (C=O) groups is 1. The number of carboxylic acids is 1. The van der Waals surface area contributed by atoms with E-state index in [2.05, 4.69) is 10.1 Å². The number of thiazole rings is 1. The Hall–Kier alpha value is -2.15. The first kappa shape index (κ1) is 12.9. The van der Waals surface area contributed by atoms with Gasteiger partial charge in [0.1, 0.15) is 0 Å². The van der Waals surface area contributed by atoms with Crippen molar-refractivity contribution in [2.24, 2.45) is 0 Å². The average Bonchev–Trinajstić information content (AvgIpc) is 3.11. The van der Waals surface area contributed by atoms with Crippen LogP contribution in [0.25, 0.3) is 16.2 Å². The number of carboxylic acid groups (broad SMARTS) is 1. The Morgan fingerprint density at radius 2 is 2.30 bits per heavy atom. The summed E-state index contributed by atoms with van der Waals surface area (Å²) in [6, 6.07) is 0. The standard InChI is InChI=1S/C13H14N4O2S/c1-2-16-6-9(5-14-16)11-7-17-10(3-4-12(18)19)8-20-13(17)15-11/h5-8H,2-4H2,1H3,(H,18,19). The van der Waals surface area contributed by atoms with E-state index >= 15 is 0 Å². The van der Waals surface area contributed by atoms with Crippen LogP contribution >= 0.6 is 11.3 Å². The first-order valence-corrected chi connectivity index (χ1v) is 7.25. The van der Waals surface area contributed by atoms with Gasteiger partial charge in [0.25, 0.3) is 0 Å². The van der Waals surface area contributed by atoms with E-state index in [0.717, 1.165) is 28.5 Å². The molecule has 0 saturated heterocycles. The summed E-state index contributed by atoms with van der Waals surface area (Å²) < 4.78 is 3.82. The molecule has 0 saturated carbocycles. The minimum atomic E-state index is -0.783. The molecule has 0 aliphatic carbocycles. The van der Waals surface area contributed by atoms with E-state index in [0.29, 0.717) is 6.42 Å². The molecular formula is C13H14N4O2S. The first-order chi connectivity index (χ1) is 9.67. The van der Waals surface area contributed by atoms with Gasteiger partial charge < -0.3 is 5.11 Å². The second kappa shape index (κ2) is 5.09. The Bertz CT molecular complexity index is 755. The van der Waals surface area contributed by atoms with Crippen molar-refractivity contribution in [2.45, 2.75) is 26.3 Å². The highest BCUT2D eigenvalue weighted by Gasteiger charge is 2.11. The predicted molar refractivity (Wildman–Crippen MR) is 75.9 cm³/mol. The number of nitrogens with zero attached hydrogens (tertiary/aromatic N) is 4. The summed E-state index contributed by atoms with van der Waals surface area (Å²) in [7, 11) is 0. The molecule has 0 bridgehead atoms. The van der Waals surface area contributed by atoms with Gasteiger partial charge in [0, 0.05) is 35.6 Å². The normalized spacial score (nSPS) is 11.2. The fourth-order valence-electron chi connectivity index (χ4n) is 2.05. The summed E-state index contributed by atoms with van der Waals surface area (Å²) >= 11 is 1.53. The van der Waals surface area contributed by atoms with Gasteiger partial charge in [-0.1, -0.05) is 0 Å². The van der Waals surface area contributed by atoms with Crippen molar-refractivity contribution in [2.75, 3.05) is 0 Å². The highest BCUT2D eigenvalue weighted by atomic mass is 32.1. The van der Waals surface area contributed by atoms with Crippen LogP contribution in [-0.2, 0) is 17.8 Å². The van der Waals surface area contributed by atoms with Crippen LogP contribution in [0.2, 0.25) is 0 Å². The maximum atomic E-state index is 10.7. The fraction of sp³-hybridized carbons (Fsp3) is 0.308. The van der Waals surface area contributed by atoms with Crippen LogP contribution < -0.4 is 0 Å². The zero-order valence-electron chi connectivity index (χ0n) is 11.0. The molecule has 0 amide bonds. The maximum Gasteiger partial charge on any atom is 0.303 e. The number of aryl methyl sites for hydroxylation is 2. The molecule has 0 aromatic carbocycles. The lowest BCUT2D eigenvalue weighted by Gasteiger charge is -1.95. The first-order valence-electron chi connectivity index (χ1n) is 6.37. The Morgan fingerprint density at radius 1 is 1.45 bits per heavy atom. The van der Waals surface area contributed by atoms with Crippen molar-refractivity contribution < 1.29 is 9.90 Å². The van der Waals surface area contributed by atoms with Gasteiger partial charge in [-0.3, -0.25) is 13.9 Å². The van der Waals surface area contributed by atoms with Crippen molar-refractivity contribution in [3.05, 3.63) is 29.7 Å². The highest BCUT2D eigenvalue weighted by Crippen LogP contribution is 2.23. The Morgan fingerprint density at radius 3 is 3.00 bits per heavy atom. The summed E-state index contributed by atoms with van der Waals surface area (Å²) in [6.45, 7) is 2.86. The monoisotopic (exact) mass is 290 g/mol. The van der Waals surface area contributed by atoms with Crippen LogP contribution in [0.15, 0.2) is 24.0 Å². The van der Waals surface area contributed by atoms with Gasteiger partial charge in [0.15, 0.2) is 4.96 Å². The maximum absolute atomic E-state index is 10.7. The van der Waals surface area contributed by atoms with E-state index in [1.54, 1.807) is 6.20 Å². The highest BCUT2D eigenvalue weighted by molar-refractivity contribution is 7.15. The van der Waals surface area contributed by atoms with Crippen molar-refractivity contribution in [3.8, 4) is 11.3 Å². The minimum absolute atomic E-state index is 0.132. The SMILES string of the molecule is CCn1cc(-c2cn3c(CCC(=O)O)csc3n2)cn1. The molecule has 0 aliphatic heterocycles. The second-order valence-electron chi connectivity index (χ2n) is 4.48. The third-order valence-corrected chi connectivity index (χ3v) is 4.02. The Kier molecular flexibility index (Phi) is 3.27. The predicted octanol–water partition coefficient (Wildman–Crippen LogP) is 2.30. The van der Waals surface area contributed by atoms with Gasteiger partial charge in [-0.25, -0.2) is 4.98 Å². The van der Waals surface area contributed by atoms with Gasteiger partial charge in [-0.15, -0.1) is 11.3 Å². The molecular weight excluding hydrogens is 276 g/mol. The van der Waals surface area contributed by atoms with Gasteiger partial charge in [-0.2, -0.15) is 5.10 Å². The van der Waals surface area contributed by atoms with Crippen molar-refractivity contribution in [3.63, 3.8) is 0 Å². The van der Waals surface area contributed by atoms with E-state index in [-0.39, 0.29) is 6.42 Å². The molecule has 0 spiro atoms. The van der Waals surface area contributed by atoms with Crippen LogP contribution in [0, 0.1) is 0 Å². The van der Waals surface area contributed by atoms with Gasteiger partial charge in [0.2, 0.25) is 0 Å². The zero-order chi connectivity index (χ0) is 14.1. The zero-order valence-corrected chi connectivity index (χ0v) is 11.8. The van der Waals surface area contributed by atoms with Gasteiger partial charge in [-0.05, 0) is 13.3 Å². The number of hydrogen-bond acceptors (Lipinski definition) is 4.